The SMILES string of the molecule is CCCC(CC)(CN)N1CCSC(C)(C)C1. The third-order valence-corrected chi connectivity index (χ3v) is 5.15. The van der Waals surface area contributed by atoms with Gasteiger partial charge in [-0.3, -0.25) is 4.90 Å². The summed E-state index contributed by atoms with van der Waals surface area (Å²) in [4.78, 5) is 2.66. The second-order valence-electron chi connectivity index (χ2n) is 5.56. The number of rotatable bonds is 5. The molecule has 0 saturated carbocycles. The highest BCUT2D eigenvalue weighted by Crippen LogP contribution is 2.35. The third-order valence-electron chi connectivity index (χ3n) is 3.85. The van der Waals surface area contributed by atoms with Crippen LogP contribution in [-0.4, -0.2) is 40.6 Å². The molecule has 1 atom stereocenters. The van der Waals surface area contributed by atoms with Crippen LogP contribution in [0.25, 0.3) is 0 Å². The molecular formula is C13H28N2S. The third kappa shape index (κ3) is 3.14. The predicted molar refractivity (Wildman–Crippen MR) is 75.1 cm³/mol. The Kier molecular flexibility index (Phi) is 5.14. The maximum Gasteiger partial charge on any atom is 0.0329 e. The normalized spacial score (nSPS) is 25.3. The molecule has 16 heavy (non-hydrogen) atoms. The van der Waals surface area contributed by atoms with Crippen LogP contribution in [0.5, 0.6) is 0 Å². The topological polar surface area (TPSA) is 29.3 Å². The van der Waals surface area contributed by atoms with Crippen molar-refractivity contribution in [1.29, 1.82) is 0 Å². The van der Waals surface area contributed by atoms with Gasteiger partial charge in [-0.15, -0.1) is 0 Å². The highest BCUT2D eigenvalue weighted by atomic mass is 32.2. The standard InChI is InChI=1S/C13H28N2S/c1-5-7-13(6-2,10-14)15-8-9-16-12(3,4)11-15/h5-11,14H2,1-4H3. The molecule has 0 amide bonds. The maximum absolute atomic E-state index is 6.08. The van der Waals surface area contributed by atoms with Crippen LogP contribution < -0.4 is 5.73 Å². The molecule has 0 radical (unpaired) electrons. The van der Waals surface area contributed by atoms with Gasteiger partial charge in [-0.1, -0.05) is 20.3 Å². The van der Waals surface area contributed by atoms with E-state index < -0.39 is 0 Å². The minimum absolute atomic E-state index is 0.257. The van der Waals surface area contributed by atoms with Crippen LogP contribution >= 0.6 is 11.8 Å². The molecule has 0 aliphatic carbocycles. The maximum atomic E-state index is 6.08. The van der Waals surface area contributed by atoms with Crippen molar-refractivity contribution in [3.05, 3.63) is 0 Å². The number of hydrogen-bond acceptors (Lipinski definition) is 3. The van der Waals surface area contributed by atoms with E-state index in [0.29, 0.717) is 4.75 Å². The molecule has 0 bridgehead atoms. The molecule has 1 aliphatic heterocycles. The Morgan fingerprint density at radius 1 is 1.38 bits per heavy atom. The van der Waals surface area contributed by atoms with E-state index in [1.807, 2.05) is 0 Å². The van der Waals surface area contributed by atoms with Crippen molar-refractivity contribution in [2.45, 2.75) is 57.2 Å². The van der Waals surface area contributed by atoms with Crippen molar-refractivity contribution >= 4 is 11.8 Å². The van der Waals surface area contributed by atoms with Crippen molar-refractivity contribution in [3.63, 3.8) is 0 Å². The van der Waals surface area contributed by atoms with Crippen LogP contribution in [0.2, 0.25) is 0 Å². The van der Waals surface area contributed by atoms with Gasteiger partial charge in [0, 0.05) is 35.7 Å². The molecule has 1 saturated heterocycles. The summed E-state index contributed by atoms with van der Waals surface area (Å²) in [6.45, 7) is 12.5. The zero-order valence-corrected chi connectivity index (χ0v) is 12.2. The van der Waals surface area contributed by atoms with Gasteiger partial charge in [0.25, 0.3) is 0 Å². The fraction of sp³-hybridized carbons (Fsp3) is 1.00. The van der Waals surface area contributed by atoms with Gasteiger partial charge in [0.05, 0.1) is 0 Å². The molecule has 1 aliphatic rings. The highest BCUT2D eigenvalue weighted by Gasteiger charge is 2.38. The average Bonchev–Trinajstić information content (AvgIpc) is 2.24. The first-order valence-corrected chi connectivity index (χ1v) is 7.57. The number of hydrogen-bond donors (Lipinski definition) is 1. The summed E-state index contributed by atoms with van der Waals surface area (Å²) in [5.41, 5.74) is 6.33. The summed E-state index contributed by atoms with van der Waals surface area (Å²) in [6, 6.07) is 0. The minimum atomic E-state index is 0.257. The lowest BCUT2D eigenvalue weighted by Crippen LogP contribution is -2.59. The van der Waals surface area contributed by atoms with E-state index in [1.54, 1.807) is 0 Å². The van der Waals surface area contributed by atoms with E-state index >= 15 is 0 Å². The second kappa shape index (κ2) is 5.74. The molecule has 1 unspecified atom stereocenters. The average molecular weight is 244 g/mol. The van der Waals surface area contributed by atoms with Gasteiger partial charge in [-0.2, -0.15) is 11.8 Å². The summed E-state index contributed by atoms with van der Waals surface area (Å²) < 4.78 is 0.390. The Hall–Kier alpha value is 0.270. The number of nitrogens with two attached hydrogens (primary N) is 1. The monoisotopic (exact) mass is 244 g/mol. The quantitative estimate of drug-likeness (QED) is 0.806. The van der Waals surface area contributed by atoms with Crippen molar-refractivity contribution in [1.82, 2.24) is 4.90 Å². The minimum Gasteiger partial charge on any atom is -0.329 e. The summed E-state index contributed by atoms with van der Waals surface area (Å²) >= 11 is 2.10. The van der Waals surface area contributed by atoms with Crippen LogP contribution in [0.1, 0.15) is 47.0 Å². The van der Waals surface area contributed by atoms with Gasteiger partial charge in [0.15, 0.2) is 0 Å². The molecule has 0 aromatic heterocycles. The summed E-state index contributed by atoms with van der Waals surface area (Å²) in [7, 11) is 0. The molecule has 1 rings (SSSR count). The lowest BCUT2D eigenvalue weighted by molar-refractivity contribution is 0.0746. The first-order chi connectivity index (χ1) is 7.49. The van der Waals surface area contributed by atoms with Crippen LogP contribution in [0.4, 0.5) is 0 Å². The van der Waals surface area contributed by atoms with Gasteiger partial charge in [0.1, 0.15) is 0 Å². The van der Waals surface area contributed by atoms with Gasteiger partial charge in [-0.05, 0) is 26.7 Å². The Bertz CT molecular complexity index is 212. The first kappa shape index (κ1) is 14.3. The lowest BCUT2D eigenvalue weighted by Gasteiger charge is -2.49. The van der Waals surface area contributed by atoms with Crippen LogP contribution in [0.3, 0.4) is 0 Å². The molecule has 1 fully saturated rings. The Balaban J connectivity index is 2.77. The van der Waals surface area contributed by atoms with Gasteiger partial charge in [-0.25, -0.2) is 0 Å². The predicted octanol–water partition coefficient (Wildman–Crippen LogP) is 2.72. The van der Waals surface area contributed by atoms with Gasteiger partial charge >= 0.3 is 0 Å². The molecule has 1 heterocycles. The Morgan fingerprint density at radius 2 is 2.06 bits per heavy atom. The zero-order chi connectivity index (χ0) is 12.2. The summed E-state index contributed by atoms with van der Waals surface area (Å²) in [5.74, 6) is 1.25. The van der Waals surface area contributed by atoms with Crippen molar-refractivity contribution in [2.75, 3.05) is 25.4 Å². The van der Waals surface area contributed by atoms with E-state index in [9.17, 15) is 0 Å². The van der Waals surface area contributed by atoms with E-state index in [1.165, 1.54) is 38.1 Å². The molecule has 0 aromatic rings. The van der Waals surface area contributed by atoms with Crippen LogP contribution in [0.15, 0.2) is 0 Å². The smallest absolute Gasteiger partial charge is 0.0329 e. The molecule has 2 nitrogen and oxygen atoms in total. The molecule has 0 aromatic carbocycles. The molecule has 2 N–H and O–H groups in total. The zero-order valence-electron chi connectivity index (χ0n) is 11.4. The fourth-order valence-corrected chi connectivity index (χ4v) is 3.93. The van der Waals surface area contributed by atoms with E-state index in [0.717, 1.165) is 6.54 Å². The fourth-order valence-electron chi connectivity index (χ4n) is 2.82. The summed E-state index contributed by atoms with van der Waals surface area (Å²) in [6.07, 6.45) is 3.65. The largest absolute Gasteiger partial charge is 0.329 e. The molecular weight excluding hydrogens is 216 g/mol. The molecule has 96 valence electrons. The number of nitrogens with zero attached hydrogens (tertiary/aromatic N) is 1. The van der Waals surface area contributed by atoms with Crippen LogP contribution in [0, 0.1) is 0 Å². The van der Waals surface area contributed by atoms with Gasteiger partial charge < -0.3 is 5.73 Å². The molecule has 0 spiro atoms. The van der Waals surface area contributed by atoms with E-state index in [2.05, 4.69) is 44.4 Å². The first-order valence-electron chi connectivity index (χ1n) is 6.59. The number of thioether (sulfide) groups is 1. The van der Waals surface area contributed by atoms with Gasteiger partial charge in [0.2, 0.25) is 0 Å². The van der Waals surface area contributed by atoms with Crippen molar-refractivity contribution in [3.8, 4) is 0 Å². The Morgan fingerprint density at radius 3 is 2.50 bits per heavy atom. The highest BCUT2D eigenvalue weighted by molar-refractivity contribution is 8.00. The summed E-state index contributed by atoms with van der Waals surface area (Å²) in [5, 5.41) is 0. The van der Waals surface area contributed by atoms with E-state index in [4.69, 9.17) is 5.73 Å². The van der Waals surface area contributed by atoms with E-state index in [-0.39, 0.29) is 5.54 Å². The lowest BCUT2D eigenvalue weighted by atomic mass is 9.87. The van der Waals surface area contributed by atoms with Crippen molar-refractivity contribution in [2.24, 2.45) is 5.73 Å². The van der Waals surface area contributed by atoms with Crippen molar-refractivity contribution < 1.29 is 0 Å². The van der Waals surface area contributed by atoms with Crippen LogP contribution in [-0.2, 0) is 0 Å². The second-order valence-corrected chi connectivity index (χ2v) is 7.36. The molecule has 3 heteroatoms. The Labute approximate surface area is 105 Å².